The minimum Gasteiger partial charge on any atom is -0.335 e. The van der Waals surface area contributed by atoms with Crippen LogP contribution in [0.5, 0.6) is 0 Å². The highest BCUT2D eigenvalue weighted by molar-refractivity contribution is 5.94. The first-order chi connectivity index (χ1) is 13.2. The lowest BCUT2D eigenvalue weighted by molar-refractivity contribution is 0.0516. The van der Waals surface area contributed by atoms with Gasteiger partial charge < -0.3 is 9.47 Å². The Labute approximate surface area is 159 Å². The van der Waals surface area contributed by atoms with Crippen LogP contribution < -0.4 is 5.56 Å². The van der Waals surface area contributed by atoms with E-state index in [0.717, 1.165) is 18.6 Å². The van der Waals surface area contributed by atoms with E-state index in [-0.39, 0.29) is 17.2 Å². The molecule has 6 nitrogen and oxygen atoms in total. The van der Waals surface area contributed by atoms with Gasteiger partial charge in [-0.05, 0) is 31.9 Å². The molecule has 27 heavy (non-hydrogen) atoms. The molecule has 0 unspecified atom stereocenters. The van der Waals surface area contributed by atoms with Gasteiger partial charge in [-0.1, -0.05) is 31.4 Å². The molecule has 2 aromatic rings. The minimum atomic E-state index is -0.282. The third-order valence-corrected chi connectivity index (χ3v) is 6.06. The van der Waals surface area contributed by atoms with Gasteiger partial charge in [0, 0.05) is 38.8 Å². The Hall–Kier alpha value is -2.21. The molecule has 2 fully saturated rings. The quantitative estimate of drug-likeness (QED) is 0.835. The largest absolute Gasteiger partial charge is 0.335 e. The molecule has 2 heterocycles. The van der Waals surface area contributed by atoms with Crippen LogP contribution >= 0.6 is 0 Å². The van der Waals surface area contributed by atoms with E-state index in [4.69, 9.17) is 0 Å². The maximum absolute atomic E-state index is 13.0. The van der Waals surface area contributed by atoms with Gasteiger partial charge >= 0.3 is 0 Å². The number of aromatic nitrogens is 2. The number of hydrogen-bond donors (Lipinski definition) is 0. The number of aryl methyl sites for hydroxylation is 1. The highest BCUT2D eigenvalue weighted by atomic mass is 16.2. The van der Waals surface area contributed by atoms with Gasteiger partial charge in [-0.15, -0.1) is 0 Å². The van der Waals surface area contributed by atoms with Crippen LogP contribution in [0.15, 0.2) is 29.1 Å². The number of fused-ring (bicyclic) bond motifs is 1. The van der Waals surface area contributed by atoms with E-state index in [1.54, 1.807) is 9.47 Å². The molecule has 1 aromatic heterocycles. The smallest absolute Gasteiger partial charge is 0.282 e. The second-order valence-corrected chi connectivity index (χ2v) is 7.62. The van der Waals surface area contributed by atoms with E-state index in [0.29, 0.717) is 31.2 Å². The Bertz CT molecular complexity index is 877. The van der Waals surface area contributed by atoms with Crippen molar-refractivity contribution in [3.05, 3.63) is 40.3 Å². The van der Waals surface area contributed by atoms with E-state index in [1.165, 1.54) is 32.1 Å². The molecule has 144 valence electrons. The Balaban J connectivity index is 1.53. The van der Waals surface area contributed by atoms with Crippen LogP contribution in [0.1, 0.15) is 49.5 Å². The molecule has 0 N–H and O–H groups in total. The average molecular weight is 368 g/mol. The number of piperazine rings is 1. The summed E-state index contributed by atoms with van der Waals surface area (Å²) in [6.45, 7) is 5.59. The molecule has 2 aliphatic rings. The second kappa shape index (κ2) is 7.80. The van der Waals surface area contributed by atoms with Crippen LogP contribution in [0.2, 0.25) is 0 Å². The predicted octanol–water partition coefficient (Wildman–Crippen LogP) is 2.51. The predicted molar refractivity (Wildman–Crippen MR) is 106 cm³/mol. The summed E-state index contributed by atoms with van der Waals surface area (Å²) in [6, 6.07) is 8.19. The fourth-order valence-corrected chi connectivity index (χ4v) is 4.53. The molecule has 0 radical (unpaired) electrons. The van der Waals surface area contributed by atoms with Crippen molar-refractivity contribution in [2.75, 3.05) is 26.2 Å². The number of carbonyl (C=O) groups is 1. The lowest BCUT2D eigenvalue weighted by Crippen LogP contribution is -2.53. The van der Waals surface area contributed by atoms with Gasteiger partial charge in [-0.3, -0.25) is 14.5 Å². The number of para-hydroxylation sites is 2. The van der Waals surface area contributed by atoms with Gasteiger partial charge in [-0.25, -0.2) is 4.98 Å². The third kappa shape index (κ3) is 3.50. The summed E-state index contributed by atoms with van der Waals surface area (Å²) < 4.78 is 1.65. The summed E-state index contributed by atoms with van der Waals surface area (Å²) in [5.41, 5.74) is 1.25. The highest BCUT2D eigenvalue weighted by Gasteiger charge is 2.29. The van der Waals surface area contributed by atoms with E-state index in [1.807, 2.05) is 31.2 Å². The maximum atomic E-state index is 13.0. The van der Waals surface area contributed by atoms with Crippen LogP contribution in [0.4, 0.5) is 0 Å². The van der Waals surface area contributed by atoms with Crippen LogP contribution in [0.25, 0.3) is 11.0 Å². The van der Waals surface area contributed by atoms with Gasteiger partial charge in [0.25, 0.3) is 11.5 Å². The molecule has 6 heteroatoms. The second-order valence-electron chi connectivity index (χ2n) is 7.62. The molecule has 4 rings (SSSR count). The van der Waals surface area contributed by atoms with Crippen molar-refractivity contribution < 1.29 is 4.79 Å². The molecule has 0 atom stereocenters. The van der Waals surface area contributed by atoms with Crippen molar-refractivity contribution in [3.63, 3.8) is 0 Å². The first-order valence-electron chi connectivity index (χ1n) is 10.2. The lowest BCUT2D eigenvalue weighted by atomic mass is 9.94. The fraction of sp³-hybridized carbons (Fsp3) is 0.571. The molecule has 1 aliphatic carbocycles. The molecule has 0 bridgehead atoms. The fourth-order valence-electron chi connectivity index (χ4n) is 4.53. The number of benzene rings is 1. The van der Waals surface area contributed by atoms with E-state index in [9.17, 15) is 9.59 Å². The van der Waals surface area contributed by atoms with E-state index < -0.39 is 0 Å². The van der Waals surface area contributed by atoms with Gasteiger partial charge in [0.2, 0.25) is 0 Å². The number of nitrogens with zero attached hydrogens (tertiary/aromatic N) is 4. The summed E-state index contributed by atoms with van der Waals surface area (Å²) in [4.78, 5) is 34.7. The summed E-state index contributed by atoms with van der Waals surface area (Å²) in [7, 11) is 0. The van der Waals surface area contributed by atoms with Crippen molar-refractivity contribution in [3.8, 4) is 0 Å². The van der Waals surface area contributed by atoms with Crippen molar-refractivity contribution in [2.24, 2.45) is 0 Å². The zero-order valence-corrected chi connectivity index (χ0v) is 16.1. The molecule has 1 aromatic carbocycles. The normalized spacial score (nSPS) is 19.5. The zero-order valence-electron chi connectivity index (χ0n) is 16.1. The van der Waals surface area contributed by atoms with E-state index >= 15 is 0 Å². The number of amides is 1. The third-order valence-electron chi connectivity index (χ3n) is 6.06. The van der Waals surface area contributed by atoms with Gasteiger partial charge in [0.05, 0.1) is 11.0 Å². The monoisotopic (exact) mass is 368 g/mol. The SMILES string of the molecule is CCn1c(=O)c(C(=O)N2CCN(C3CCCCC3)CC2)nc2ccccc21. The summed E-state index contributed by atoms with van der Waals surface area (Å²) >= 11 is 0. The molecule has 1 aliphatic heterocycles. The summed E-state index contributed by atoms with van der Waals surface area (Å²) in [5.74, 6) is -0.226. The average Bonchev–Trinajstić information content (AvgIpc) is 2.73. The topological polar surface area (TPSA) is 58.4 Å². The van der Waals surface area contributed by atoms with Gasteiger partial charge in [0.1, 0.15) is 0 Å². The first kappa shape index (κ1) is 18.2. The number of rotatable bonds is 3. The van der Waals surface area contributed by atoms with Crippen molar-refractivity contribution in [1.82, 2.24) is 19.4 Å². The van der Waals surface area contributed by atoms with Gasteiger partial charge in [-0.2, -0.15) is 0 Å². The summed E-state index contributed by atoms with van der Waals surface area (Å²) in [6.07, 6.45) is 6.55. The van der Waals surface area contributed by atoms with Crippen LogP contribution in [0, 0.1) is 0 Å². The van der Waals surface area contributed by atoms with Crippen LogP contribution in [0.3, 0.4) is 0 Å². The first-order valence-corrected chi connectivity index (χ1v) is 10.2. The molecule has 1 saturated heterocycles. The zero-order chi connectivity index (χ0) is 18.8. The van der Waals surface area contributed by atoms with Crippen molar-refractivity contribution in [2.45, 2.75) is 51.6 Å². The lowest BCUT2D eigenvalue weighted by Gasteiger charge is -2.40. The Morgan fingerprint density at radius 3 is 2.48 bits per heavy atom. The molecular formula is C21H28N4O2. The Kier molecular flexibility index (Phi) is 5.25. The maximum Gasteiger partial charge on any atom is 0.282 e. The van der Waals surface area contributed by atoms with E-state index in [2.05, 4.69) is 9.88 Å². The molecule has 1 saturated carbocycles. The van der Waals surface area contributed by atoms with Gasteiger partial charge in [0.15, 0.2) is 5.69 Å². The Morgan fingerprint density at radius 1 is 1.07 bits per heavy atom. The summed E-state index contributed by atoms with van der Waals surface area (Å²) in [5, 5.41) is 0. The molecule has 0 spiro atoms. The Morgan fingerprint density at radius 2 is 1.78 bits per heavy atom. The number of carbonyl (C=O) groups excluding carboxylic acids is 1. The van der Waals surface area contributed by atoms with Crippen molar-refractivity contribution >= 4 is 16.9 Å². The van der Waals surface area contributed by atoms with Crippen LogP contribution in [-0.4, -0.2) is 57.5 Å². The van der Waals surface area contributed by atoms with Crippen LogP contribution in [-0.2, 0) is 6.54 Å². The highest BCUT2D eigenvalue weighted by Crippen LogP contribution is 2.23. The molecular weight excluding hydrogens is 340 g/mol. The molecule has 1 amide bonds. The minimum absolute atomic E-state index is 0.0571. The van der Waals surface area contributed by atoms with Crippen molar-refractivity contribution in [1.29, 1.82) is 0 Å². The standard InChI is InChI=1S/C21H28N4O2/c1-2-25-18-11-7-6-10-17(18)22-19(21(25)27)20(26)24-14-12-23(13-15-24)16-8-4-3-5-9-16/h6-7,10-11,16H,2-5,8-9,12-15H2,1H3. The number of hydrogen-bond acceptors (Lipinski definition) is 4.